The van der Waals surface area contributed by atoms with Crippen LogP contribution in [0.2, 0.25) is 0 Å². The summed E-state index contributed by atoms with van der Waals surface area (Å²) in [5.41, 5.74) is 5.45. The highest BCUT2D eigenvalue weighted by atomic mass is 19.1. The smallest absolute Gasteiger partial charge is 0.159 e. The summed E-state index contributed by atoms with van der Waals surface area (Å²) in [5, 5.41) is 8.40. The fraction of sp³-hybridized carbons (Fsp3) is 0.233. The third-order valence-electron chi connectivity index (χ3n) is 7.34. The van der Waals surface area contributed by atoms with Gasteiger partial charge in [0.1, 0.15) is 35.1 Å². The Labute approximate surface area is 234 Å². The van der Waals surface area contributed by atoms with Gasteiger partial charge in [-0.15, -0.1) is 0 Å². The zero-order chi connectivity index (χ0) is 27.8. The van der Waals surface area contributed by atoms with Crippen LogP contribution in [0.25, 0.3) is 56.0 Å². The Kier molecular flexibility index (Phi) is 6.48. The minimum Gasteiger partial charge on any atom is -0.495 e. The van der Waals surface area contributed by atoms with Crippen LogP contribution in [0.3, 0.4) is 0 Å². The number of pyridine rings is 3. The number of rotatable bonds is 8. The van der Waals surface area contributed by atoms with Crippen molar-refractivity contribution in [2.75, 3.05) is 33.4 Å². The van der Waals surface area contributed by atoms with Crippen molar-refractivity contribution >= 4 is 21.9 Å². The number of ether oxygens (including phenoxy) is 2. The number of H-pyrrole nitrogens is 2. The second-order valence-electron chi connectivity index (χ2n) is 10.0. The number of nitrogens with one attached hydrogen (secondary N) is 2. The van der Waals surface area contributed by atoms with Gasteiger partial charge in [-0.1, -0.05) is 0 Å². The first-order chi connectivity index (χ1) is 20.1. The van der Waals surface area contributed by atoms with Crippen LogP contribution in [0.5, 0.6) is 11.5 Å². The molecule has 0 unspecified atom stereocenters. The average Bonchev–Trinajstić information content (AvgIpc) is 3.76. The maximum atomic E-state index is 14.7. The number of benzene rings is 1. The zero-order valence-corrected chi connectivity index (χ0v) is 22.4. The average molecular weight is 551 g/mol. The predicted molar refractivity (Wildman–Crippen MR) is 153 cm³/mol. The van der Waals surface area contributed by atoms with Gasteiger partial charge >= 0.3 is 0 Å². The van der Waals surface area contributed by atoms with Crippen molar-refractivity contribution in [1.82, 2.24) is 40.0 Å². The lowest BCUT2D eigenvalue weighted by Crippen LogP contribution is -2.25. The van der Waals surface area contributed by atoms with E-state index in [0.717, 1.165) is 47.3 Å². The monoisotopic (exact) mass is 550 g/mol. The number of hydrogen-bond acceptors (Lipinski definition) is 8. The molecule has 1 aliphatic rings. The van der Waals surface area contributed by atoms with Crippen molar-refractivity contribution in [1.29, 1.82) is 0 Å². The Morgan fingerprint density at radius 3 is 2.68 bits per heavy atom. The highest BCUT2D eigenvalue weighted by molar-refractivity contribution is 5.96. The number of aromatic amines is 2. The van der Waals surface area contributed by atoms with E-state index in [-0.39, 0.29) is 0 Å². The van der Waals surface area contributed by atoms with E-state index in [4.69, 9.17) is 14.5 Å². The molecule has 10 nitrogen and oxygen atoms in total. The van der Waals surface area contributed by atoms with Crippen LogP contribution in [0.1, 0.15) is 12.8 Å². The number of aromatic nitrogens is 7. The largest absolute Gasteiger partial charge is 0.495 e. The Bertz CT molecular complexity index is 1860. The number of likely N-dealkylation sites (tertiary alicyclic amines) is 1. The topological polar surface area (TPSA) is 118 Å². The quantitative estimate of drug-likeness (QED) is 0.264. The third-order valence-corrected chi connectivity index (χ3v) is 7.34. The molecular weight excluding hydrogens is 523 g/mol. The lowest BCUT2D eigenvalue weighted by atomic mass is 10.1. The fourth-order valence-electron chi connectivity index (χ4n) is 5.27. The standard InChI is InChI=1S/C30H27FN8O2/c1-40-22-12-19(15-32-16-22)25-14-23-26(17-34-25)37-38-28(23)30-35-24-4-5-33-27(29(24)36-30)18-10-20(31)13-21(11-18)41-9-8-39-6-2-3-7-39/h4-5,10-17H,2-3,6-9H2,1H3,(H,35,36)(H,37,38). The number of imidazole rings is 1. The second kappa shape index (κ2) is 10.6. The van der Waals surface area contributed by atoms with Crippen molar-refractivity contribution in [3.8, 4) is 45.5 Å². The van der Waals surface area contributed by atoms with Crippen molar-refractivity contribution < 1.29 is 13.9 Å². The van der Waals surface area contributed by atoms with Gasteiger partial charge in [-0.2, -0.15) is 5.10 Å². The second-order valence-corrected chi connectivity index (χ2v) is 10.0. The van der Waals surface area contributed by atoms with Crippen LogP contribution in [-0.4, -0.2) is 73.4 Å². The van der Waals surface area contributed by atoms with Gasteiger partial charge in [-0.3, -0.25) is 25.0 Å². The van der Waals surface area contributed by atoms with E-state index in [0.29, 0.717) is 46.4 Å². The number of methoxy groups -OCH3 is 1. The Hall–Kier alpha value is -4.90. The molecule has 6 heterocycles. The summed E-state index contributed by atoms with van der Waals surface area (Å²) in [6.07, 6.45) is 9.23. The third kappa shape index (κ3) is 4.95. The summed E-state index contributed by atoms with van der Waals surface area (Å²) < 4.78 is 25.9. The van der Waals surface area contributed by atoms with Gasteiger partial charge in [0.25, 0.3) is 0 Å². The fourth-order valence-corrected chi connectivity index (χ4v) is 5.27. The van der Waals surface area contributed by atoms with E-state index in [1.807, 2.05) is 24.3 Å². The predicted octanol–water partition coefficient (Wildman–Crippen LogP) is 5.25. The molecule has 1 fully saturated rings. The molecule has 0 saturated carbocycles. The maximum absolute atomic E-state index is 14.7. The SMILES string of the molecule is COc1cncc(-c2cc3c(-c4nc5c(-c6cc(F)cc(OCCN7CCCC7)c6)nccc5[nH]4)n[nH]c3cn2)c1. The molecule has 0 spiro atoms. The molecule has 41 heavy (non-hydrogen) atoms. The molecular formula is C30H27FN8O2. The Morgan fingerprint density at radius 2 is 1.80 bits per heavy atom. The highest BCUT2D eigenvalue weighted by Crippen LogP contribution is 2.33. The van der Waals surface area contributed by atoms with Crippen LogP contribution in [0.4, 0.5) is 4.39 Å². The number of hydrogen-bond donors (Lipinski definition) is 2. The Morgan fingerprint density at radius 1 is 0.927 bits per heavy atom. The molecule has 0 radical (unpaired) electrons. The summed E-state index contributed by atoms with van der Waals surface area (Å²) in [4.78, 5) is 23.9. The first-order valence-corrected chi connectivity index (χ1v) is 13.5. The van der Waals surface area contributed by atoms with Crippen LogP contribution in [-0.2, 0) is 0 Å². The van der Waals surface area contributed by atoms with E-state index in [1.54, 1.807) is 31.9 Å². The van der Waals surface area contributed by atoms with Crippen LogP contribution >= 0.6 is 0 Å². The number of nitrogens with zero attached hydrogens (tertiary/aromatic N) is 6. The molecule has 5 aromatic heterocycles. The molecule has 0 amide bonds. The van der Waals surface area contributed by atoms with E-state index >= 15 is 0 Å². The lowest BCUT2D eigenvalue weighted by Gasteiger charge is -2.15. The van der Waals surface area contributed by atoms with Crippen molar-refractivity contribution in [2.45, 2.75) is 12.8 Å². The van der Waals surface area contributed by atoms with Crippen LogP contribution in [0.15, 0.2) is 61.2 Å². The molecule has 2 N–H and O–H groups in total. The summed E-state index contributed by atoms with van der Waals surface area (Å²) in [5.74, 6) is 1.28. The molecule has 0 atom stereocenters. The van der Waals surface area contributed by atoms with Crippen molar-refractivity contribution in [3.63, 3.8) is 0 Å². The molecule has 0 aliphatic carbocycles. The minimum atomic E-state index is -0.390. The zero-order valence-electron chi connectivity index (χ0n) is 22.4. The molecule has 11 heteroatoms. The summed E-state index contributed by atoms with van der Waals surface area (Å²) in [7, 11) is 1.60. The highest BCUT2D eigenvalue weighted by Gasteiger charge is 2.18. The first kappa shape index (κ1) is 25.1. The van der Waals surface area contributed by atoms with Gasteiger partial charge < -0.3 is 14.5 Å². The molecule has 6 aromatic rings. The summed E-state index contributed by atoms with van der Waals surface area (Å²) in [6, 6.07) is 10.3. The molecule has 206 valence electrons. The molecule has 0 bridgehead atoms. The van der Waals surface area contributed by atoms with Crippen LogP contribution in [0, 0.1) is 5.82 Å². The van der Waals surface area contributed by atoms with Gasteiger partial charge in [-0.05, 0) is 56.3 Å². The van der Waals surface area contributed by atoms with E-state index in [9.17, 15) is 4.39 Å². The van der Waals surface area contributed by atoms with E-state index in [2.05, 4.69) is 35.0 Å². The summed E-state index contributed by atoms with van der Waals surface area (Å²) >= 11 is 0. The van der Waals surface area contributed by atoms with Gasteiger partial charge in [0, 0.05) is 41.5 Å². The molecule has 1 saturated heterocycles. The molecule has 1 aliphatic heterocycles. The maximum Gasteiger partial charge on any atom is 0.159 e. The first-order valence-electron chi connectivity index (χ1n) is 13.5. The summed E-state index contributed by atoms with van der Waals surface area (Å²) in [6.45, 7) is 3.51. The van der Waals surface area contributed by atoms with Gasteiger partial charge in [-0.25, -0.2) is 9.37 Å². The Balaban J connectivity index is 1.23. The number of halogens is 1. The van der Waals surface area contributed by atoms with E-state index < -0.39 is 5.82 Å². The van der Waals surface area contributed by atoms with E-state index in [1.165, 1.54) is 25.0 Å². The van der Waals surface area contributed by atoms with Gasteiger partial charge in [0.15, 0.2) is 5.82 Å². The van der Waals surface area contributed by atoms with Gasteiger partial charge in [0.05, 0.1) is 41.9 Å². The lowest BCUT2D eigenvalue weighted by molar-refractivity contribution is 0.237. The van der Waals surface area contributed by atoms with Crippen molar-refractivity contribution in [2.24, 2.45) is 0 Å². The molecule has 1 aromatic carbocycles. The van der Waals surface area contributed by atoms with Crippen LogP contribution < -0.4 is 9.47 Å². The van der Waals surface area contributed by atoms with Gasteiger partial charge in [0.2, 0.25) is 0 Å². The van der Waals surface area contributed by atoms with Crippen molar-refractivity contribution in [3.05, 3.63) is 67.0 Å². The minimum absolute atomic E-state index is 0.390. The number of fused-ring (bicyclic) bond motifs is 2. The normalized spacial score (nSPS) is 13.8. The molecule has 7 rings (SSSR count).